The predicted molar refractivity (Wildman–Crippen MR) is 93.3 cm³/mol. The topological polar surface area (TPSA) is 55.1 Å². The monoisotopic (exact) mass is 380 g/mol. The molecule has 3 rings (SSSR count). The van der Waals surface area contributed by atoms with Crippen molar-refractivity contribution >= 4 is 66.2 Å². The molecular weight excluding hydrogens is 372 g/mol. The smallest absolute Gasteiger partial charge is 0.265 e. The molecule has 3 aromatic rings. The Balaban J connectivity index is 1.91. The van der Waals surface area contributed by atoms with E-state index in [0.717, 1.165) is 14.6 Å². The average molecular weight is 382 g/mol. The van der Waals surface area contributed by atoms with Gasteiger partial charge in [0.1, 0.15) is 0 Å². The number of carbonyl (C=O) groups excluding carboxylic acids is 1. The van der Waals surface area contributed by atoms with Gasteiger partial charge in [-0.3, -0.25) is 4.79 Å². The highest BCUT2D eigenvalue weighted by molar-refractivity contribution is 9.10. The van der Waals surface area contributed by atoms with E-state index in [2.05, 4.69) is 21.2 Å². The minimum absolute atomic E-state index is 0.169. The molecule has 106 valence electrons. The summed E-state index contributed by atoms with van der Waals surface area (Å²) in [5, 5.41) is 4.39. The number of thiophene rings is 1. The van der Waals surface area contributed by atoms with Crippen LogP contribution in [0.5, 0.6) is 0 Å². The van der Waals surface area contributed by atoms with Crippen LogP contribution < -0.4 is 11.1 Å². The molecule has 0 bridgehead atoms. The number of hydrogen-bond acceptors (Lipinski definition) is 3. The van der Waals surface area contributed by atoms with E-state index in [1.165, 1.54) is 11.3 Å². The van der Waals surface area contributed by atoms with Gasteiger partial charge in [0.25, 0.3) is 5.91 Å². The van der Waals surface area contributed by atoms with Gasteiger partial charge in [0.15, 0.2) is 0 Å². The van der Waals surface area contributed by atoms with Gasteiger partial charge in [0, 0.05) is 19.9 Å². The van der Waals surface area contributed by atoms with Crippen LogP contribution in [-0.4, -0.2) is 5.91 Å². The van der Waals surface area contributed by atoms with Gasteiger partial charge in [0.2, 0.25) is 0 Å². The lowest BCUT2D eigenvalue weighted by Gasteiger charge is -2.06. The van der Waals surface area contributed by atoms with Crippen molar-refractivity contribution in [1.82, 2.24) is 0 Å². The van der Waals surface area contributed by atoms with Crippen molar-refractivity contribution in [2.24, 2.45) is 0 Å². The second-order valence-corrected chi connectivity index (χ2v) is 6.86. The molecule has 1 heterocycles. The van der Waals surface area contributed by atoms with Crippen LogP contribution in [0.1, 0.15) is 9.67 Å². The first-order valence-corrected chi connectivity index (χ1v) is 8.07. The minimum atomic E-state index is -0.169. The van der Waals surface area contributed by atoms with Crippen LogP contribution in [-0.2, 0) is 0 Å². The Labute approximate surface area is 138 Å². The number of nitrogens with one attached hydrogen (secondary N) is 1. The van der Waals surface area contributed by atoms with Crippen LogP contribution >= 0.6 is 38.9 Å². The van der Waals surface area contributed by atoms with Gasteiger partial charge in [-0.15, -0.1) is 11.3 Å². The lowest BCUT2D eigenvalue weighted by Crippen LogP contribution is -2.10. The van der Waals surface area contributed by atoms with Crippen LogP contribution in [0.25, 0.3) is 10.1 Å². The fraction of sp³-hybridized carbons (Fsp3) is 0. The third-order valence-electron chi connectivity index (χ3n) is 2.94. The average Bonchev–Trinajstić information content (AvgIpc) is 2.86. The number of nitrogen functional groups attached to an aromatic ring is 1. The van der Waals surface area contributed by atoms with Gasteiger partial charge in [-0.2, -0.15) is 0 Å². The Morgan fingerprint density at radius 3 is 2.81 bits per heavy atom. The maximum atomic E-state index is 12.3. The van der Waals surface area contributed by atoms with Gasteiger partial charge < -0.3 is 11.1 Å². The molecule has 0 aliphatic rings. The molecule has 1 aromatic heterocycles. The molecule has 0 unspecified atom stereocenters. The zero-order chi connectivity index (χ0) is 15.0. The van der Waals surface area contributed by atoms with Crippen LogP contribution in [0, 0.1) is 0 Å². The van der Waals surface area contributed by atoms with E-state index in [0.29, 0.717) is 21.3 Å². The van der Waals surface area contributed by atoms with E-state index in [1.807, 2.05) is 24.3 Å². The normalized spacial score (nSPS) is 10.8. The van der Waals surface area contributed by atoms with Gasteiger partial charge >= 0.3 is 0 Å². The van der Waals surface area contributed by atoms with Gasteiger partial charge in [-0.25, -0.2) is 0 Å². The van der Waals surface area contributed by atoms with E-state index in [-0.39, 0.29) is 5.91 Å². The number of anilines is 2. The summed E-state index contributed by atoms with van der Waals surface area (Å²) in [5.41, 5.74) is 7.08. The summed E-state index contributed by atoms with van der Waals surface area (Å²) in [6.07, 6.45) is 0. The number of halogens is 2. The number of amides is 1. The zero-order valence-electron chi connectivity index (χ0n) is 10.7. The Morgan fingerprint density at radius 2 is 2.00 bits per heavy atom. The number of carbonyl (C=O) groups is 1. The zero-order valence-corrected chi connectivity index (χ0v) is 13.8. The van der Waals surface area contributed by atoms with Crippen LogP contribution in [0.4, 0.5) is 11.4 Å². The van der Waals surface area contributed by atoms with Crippen LogP contribution in [0.3, 0.4) is 0 Å². The van der Waals surface area contributed by atoms with E-state index >= 15 is 0 Å². The lowest BCUT2D eigenvalue weighted by molar-refractivity contribution is 0.103. The van der Waals surface area contributed by atoms with E-state index in [1.54, 1.807) is 18.2 Å². The lowest BCUT2D eigenvalue weighted by atomic mass is 10.2. The largest absolute Gasteiger partial charge is 0.399 e. The molecular formula is C15H10BrClN2OS. The molecule has 0 atom stereocenters. The first-order chi connectivity index (χ1) is 10.0. The predicted octanol–water partition coefficient (Wildman–Crippen LogP) is 5.15. The molecule has 3 nitrogen and oxygen atoms in total. The highest BCUT2D eigenvalue weighted by Crippen LogP contribution is 2.30. The Hall–Kier alpha value is -1.56. The van der Waals surface area contributed by atoms with Crippen LogP contribution in [0.15, 0.2) is 46.9 Å². The third-order valence-corrected chi connectivity index (χ3v) is 4.98. The Morgan fingerprint density at radius 1 is 1.19 bits per heavy atom. The van der Waals surface area contributed by atoms with Crippen LogP contribution in [0.2, 0.25) is 5.02 Å². The van der Waals surface area contributed by atoms with E-state index < -0.39 is 0 Å². The minimum Gasteiger partial charge on any atom is -0.399 e. The molecule has 0 saturated heterocycles. The SMILES string of the molecule is Nc1ccc2sc(C(=O)Nc3cc(Cl)ccc3Br)cc2c1. The molecule has 6 heteroatoms. The molecule has 0 spiro atoms. The summed E-state index contributed by atoms with van der Waals surface area (Å²) >= 11 is 10.8. The highest BCUT2D eigenvalue weighted by atomic mass is 79.9. The summed E-state index contributed by atoms with van der Waals surface area (Å²) in [6.45, 7) is 0. The van der Waals surface area contributed by atoms with Crippen molar-refractivity contribution < 1.29 is 4.79 Å². The number of nitrogens with two attached hydrogens (primary N) is 1. The summed E-state index contributed by atoms with van der Waals surface area (Å²) in [6, 6.07) is 12.7. The number of fused-ring (bicyclic) bond motifs is 1. The van der Waals surface area contributed by atoms with Gasteiger partial charge in [-0.1, -0.05) is 11.6 Å². The van der Waals surface area contributed by atoms with Gasteiger partial charge in [-0.05, 0) is 63.8 Å². The van der Waals surface area contributed by atoms with E-state index in [4.69, 9.17) is 17.3 Å². The van der Waals surface area contributed by atoms with Crippen molar-refractivity contribution in [1.29, 1.82) is 0 Å². The quantitative estimate of drug-likeness (QED) is 0.603. The standard InChI is InChI=1S/C15H10BrClN2OS/c16-11-3-1-9(17)7-12(11)19-15(20)14-6-8-5-10(18)2-4-13(8)21-14/h1-7H,18H2,(H,19,20). The molecule has 0 aliphatic carbocycles. The molecule has 3 N–H and O–H groups in total. The third kappa shape index (κ3) is 3.05. The highest BCUT2D eigenvalue weighted by Gasteiger charge is 2.12. The molecule has 0 radical (unpaired) electrons. The van der Waals surface area contributed by atoms with Crippen molar-refractivity contribution in [3.8, 4) is 0 Å². The molecule has 0 aliphatic heterocycles. The maximum absolute atomic E-state index is 12.3. The molecule has 1 amide bonds. The number of benzene rings is 2. The first kappa shape index (κ1) is 14.4. The van der Waals surface area contributed by atoms with Crippen molar-refractivity contribution in [2.45, 2.75) is 0 Å². The van der Waals surface area contributed by atoms with E-state index in [9.17, 15) is 4.79 Å². The molecule has 2 aromatic carbocycles. The van der Waals surface area contributed by atoms with Gasteiger partial charge in [0.05, 0.1) is 10.6 Å². The number of hydrogen-bond donors (Lipinski definition) is 2. The number of rotatable bonds is 2. The second-order valence-electron chi connectivity index (χ2n) is 4.49. The fourth-order valence-corrected chi connectivity index (χ4v) is 3.41. The van der Waals surface area contributed by atoms with Crippen molar-refractivity contribution in [2.75, 3.05) is 11.1 Å². The summed E-state index contributed by atoms with van der Waals surface area (Å²) in [5.74, 6) is -0.169. The van der Waals surface area contributed by atoms with Crippen molar-refractivity contribution in [3.63, 3.8) is 0 Å². The summed E-state index contributed by atoms with van der Waals surface area (Å²) < 4.78 is 1.81. The van der Waals surface area contributed by atoms with Crippen molar-refractivity contribution in [3.05, 3.63) is 56.8 Å². The molecule has 0 saturated carbocycles. The Kier molecular flexibility index (Phi) is 3.89. The fourth-order valence-electron chi connectivity index (χ4n) is 1.95. The molecule has 0 fully saturated rings. The maximum Gasteiger partial charge on any atom is 0.265 e. The summed E-state index contributed by atoms with van der Waals surface area (Å²) in [7, 11) is 0. The Bertz CT molecular complexity index is 847. The summed E-state index contributed by atoms with van der Waals surface area (Å²) in [4.78, 5) is 13.0. The second kappa shape index (κ2) is 5.67. The molecule has 21 heavy (non-hydrogen) atoms. The first-order valence-electron chi connectivity index (χ1n) is 6.08.